The van der Waals surface area contributed by atoms with Gasteiger partial charge in [-0.25, -0.2) is 9.37 Å². The van der Waals surface area contributed by atoms with Crippen molar-refractivity contribution in [1.82, 2.24) is 29.6 Å². The van der Waals surface area contributed by atoms with E-state index >= 15 is 0 Å². The third kappa shape index (κ3) is 5.88. The van der Waals surface area contributed by atoms with E-state index in [0.29, 0.717) is 42.1 Å². The summed E-state index contributed by atoms with van der Waals surface area (Å²) in [6, 6.07) is 10.1. The van der Waals surface area contributed by atoms with Gasteiger partial charge in [-0.2, -0.15) is 0 Å². The van der Waals surface area contributed by atoms with Gasteiger partial charge in [0.1, 0.15) is 23.5 Å². The Labute approximate surface area is 249 Å². The molecule has 0 bridgehead atoms. The van der Waals surface area contributed by atoms with E-state index in [1.807, 2.05) is 19.3 Å². The quantitative estimate of drug-likeness (QED) is 0.259. The molecule has 0 saturated heterocycles. The van der Waals surface area contributed by atoms with Gasteiger partial charge >= 0.3 is 0 Å². The summed E-state index contributed by atoms with van der Waals surface area (Å²) in [5.41, 5.74) is 3.83. The minimum atomic E-state index is -0.481. The number of pyridine rings is 2. The van der Waals surface area contributed by atoms with Crippen molar-refractivity contribution in [3.8, 4) is 22.5 Å². The number of hydrogen-bond acceptors (Lipinski definition) is 6. The van der Waals surface area contributed by atoms with Crippen molar-refractivity contribution in [2.24, 2.45) is 13.0 Å². The average Bonchev–Trinajstić information content (AvgIpc) is 3.91. The number of aromatic nitrogens is 5. The summed E-state index contributed by atoms with van der Waals surface area (Å²) in [6.07, 6.45) is 11.2. The van der Waals surface area contributed by atoms with Crippen molar-refractivity contribution in [3.63, 3.8) is 0 Å². The number of halogens is 1. The van der Waals surface area contributed by atoms with Gasteiger partial charge in [0.2, 0.25) is 0 Å². The molecule has 2 N–H and O–H groups in total. The van der Waals surface area contributed by atoms with E-state index in [9.17, 15) is 14.0 Å². The monoisotopic (exact) mass is 581 g/mol. The van der Waals surface area contributed by atoms with E-state index in [2.05, 4.69) is 27.8 Å². The van der Waals surface area contributed by atoms with Crippen LogP contribution in [0.25, 0.3) is 22.5 Å². The topological polar surface area (TPSA) is 107 Å². The summed E-state index contributed by atoms with van der Waals surface area (Å²) in [6.45, 7) is 3.44. The number of carbonyl (C=O) groups excluding carboxylic acids is 1. The van der Waals surface area contributed by atoms with Gasteiger partial charge in [-0.3, -0.25) is 9.59 Å². The Morgan fingerprint density at radius 1 is 1.09 bits per heavy atom. The van der Waals surface area contributed by atoms with Crippen LogP contribution in [0.5, 0.6) is 0 Å². The molecule has 3 aromatic heterocycles. The molecule has 7 rings (SSSR count). The predicted octanol–water partition coefficient (Wildman–Crippen LogP) is 5.42. The maximum absolute atomic E-state index is 14.4. The fourth-order valence-corrected chi connectivity index (χ4v) is 5.89. The van der Waals surface area contributed by atoms with Gasteiger partial charge in [0.25, 0.3) is 11.5 Å². The van der Waals surface area contributed by atoms with Gasteiger partial charge in [-0.15, -0.1) is 10.2 Å². The van der Waals surface area contributed by atoms with Gasteiger partial charge in [0.15, 0.2) is 5.82 Å². The van der Waals surface area contributed by atoms with Crippen molar-refractivity contribution < 1.29 is 9.18 Å². The molecular weight excluding hydrogens is 545 g/mol. The second-order valence-corrected chi connectivity index (χ2v) is 12.8. The second-order valence-electron chi connectivity index (χ2n) is 12.8. The number of aryl methyl sites for hydroxylation is 1. The fraction of sp³-hybridized carbons (Fsp3) is 0.424. The maximum Gasteiger partial charge on any atom is 0.263 e. The highest BCUT2D eigenvalue weighted by Crippen LogP contribution is 2.42. The first-order valence-corrected chi connectivity index (χ1v) is 15.2. The van der Waals surface area contributed by atoms with Crippen molar-refractivity contribution in [2.75, 3.05) is 5.32 Å². The first-order chi connectivity index (χ1) is 20.7. The van der Waals surface area contributed by atoms with Crippen molar-refractivity contribution >= 4 is 11.7 Å². The first-order valence-electron chi connectivity index (χ1n) is 15.2. The summed E-state index contributed by atoms with van der Waals surface area (Å²) >= 11 is 0. The van der Waals surface area contributed by atoms with Crippen LogP contribution in [-0.2, 0) is 20.1 Å². The highest BCUT2D eigenvalue weighted by Gasteiger charge is 2.31. The Balaban J connectivity index is 1.23. The SMILES string of the molecule is Cn1cnnc1-c1cc(F)ccc1-c1cc(NC(=O)c2cc(CNC3(C)CCC3)cn(CC3CC3)c2=O)nc(C2CC2)c1. The van der Waals surface area contributed by atoms with E-state index in [0.717, 1.165) is 60.9 Å². The Morgan fingerprint density at radius 2 is 1.91 bits per heavy atom. The van der Waals surface area contributed by atoms with Crippen LogP contribution in [0, 0.1) is 11.7 Å². The molecule has 0 radical (unpaired) electrons. The molecule has 3 aliphatic carbocycles. The highest BCUT2D eigenvalue weighted by molar-refractivity contribution is 6.04. The predicted molar refractivity (Wildman–Crippen MR) is 162 cm³/mol. The molecule has 3 fully saturated rings. The van der Waals surface area contributed by atoms with Gasteiger partial charge in [0.05, 0.1) is 0 Å². The standard InChI is InChI=1S/C33H36FN7O2/c1-33(10-3-11-33)35-16-21-12-27(32(43)41(18-21)17-20-4-5-20)31(42)38-29-14-23(13-28(37-29)22-6-7-22)25-9-8-24(34)15-26(25)30-39-36-19-40(30)2/h8-9,12-15,18-20,22,35H,3-7,10-11,16-17H2,1-2H3,(H,37,38,42). The van der Waals surface area contributed by atoms with Crippen molar-refractivity contribution in [3.05, 3.63) is 81.9 Å². The number of nitrogens with zero attached hydrogens (tertiary/aromatic N) is 5. The summed E-state index contributed by atoms with van der Waals surface area (Å²) < 4.78 is 17.9. The zero-order chi connectivity index (χ0) is 29.7. The Kier molecular flexibility index (Phi) is 6.96. The summed E-state index contributed by atoms with van der Waals surface area (Å²) in [7, 11) is 1.81. The molecule has 222 valence electrons. The molecule has 43 heavy (non-hydrogen) atoms. The molecule has 3 heterocycles. The molecule has 10 heteroatoms. The van der Waals surface area contributed by atoms with Crippen LogP contribution < -0.4 is 16.2 Å². The van der Waals surface area contributed by atoms with Crippen LogP contribution in [0.2, 0.25) is 0 Å². The molecular formula is C33H36FN7O2. The molecule has 1 aromatic carbocycles. The van der Waals surface area contributed by atoms with Crippen LogP contribution in [0.3, 0.4) is 0 Å². The molecule has 4 aromatic rings. The van der Waals surface area contributed by atoms with Gasteiger partial charge < -0.3 is 19.8 Å². The van der Waals surface area contributed by atoms with Gasteiger partial charge in [-0.05, 0) is 105 Å². The first kappa shape index (κ1) is 27.6. The Bertz CT molecular complexity index is 1770. The lowest BCUT2D eigenvalue weighted by Gasteiger charge is -2.39. The third-order valence-corrected chi connectivity index (χ3v) is 9.04. The maximum atomic E-state index is 14.4. The molecule has 3 aliphatic rings. The summed E-state index contributed by atoms with van der Waals surface area (Å²) in [5.74, 6) is 0.811. The third-order valence-electron chi connectivity index (χ3n) is 9.04. The summed E-state index contributed by atoms with van der Waals surface area (Å²) in [5, 5.41) is 14.7. The number of anilines is 1. The van der Waals surface area contributed by atoms with Crippen LogP contribution in [0.1, 0.15) is 79.4 Å². The highest BCUT2D eigenvalue weighted by atomic mass is 19.1. The van der Waals surface area contributed by atoms with E-state index in [1.54, 1.807) is 33.7 Å². The molecule has 9 nitrogen and oxygen atoms in total. The van der Waals surface area contributed by atoms with Crippen LogP contribution >= 0.6 is 0 Å². The molecule has 1 amide bonds. The van der Waals surface area contributed by atoms with E-state index in [1.165, 1.54) is 18.6 Å². The van der Waals surface area contributed by atoms with Crippen LogP contribution in [-0.4, -0.2) is 35.8 Å². The smallest absolute Gasteiger partial charge is 0.263 e. The minimum Gasteiger partial charge on any atom is -0.317 e. The number of carbonyl (C=O) groups is 1. The van der Waals surface area contributed by atoms with Crippen LogP contribution in [0.15, 0.2) is 53.7 Å². The lowest BCUT2D eigenvalue weighted by atomic mass is 9.78. The van der Waals surface area contributed by atoms with E-state index in [4.69, 9.17) is 4.98 Å². The van der Waals surface area contributed by atoms with Crippen molar-refractivity contribution in [1.29, 1.82) is 0 Å². The average molecular weight is 582 g/mol. The Morgan fingerprint density at radius 3 is 2.58 bits per heavy atom. The normalized spacial score (nSPS) is 17.5. The lowest BCUT2D eigenvalue weighted by Crippen LogP contribution is -2.47. The van der Waals surface area contributed by atoms with E-state index in [-0.39, 0.29) is 22.5 Å². The second kappa shape index (κ2) is 10.8. The van der Waals surface area contributed by atoms with Crippen molar-refractivity contribution in [2.45, 2.75) is 76.4 Å². The number of amides is 1. The molecule has 0 spiro atoms. The number of hydrogen-bond donors (Lipinski definition) is 2. The van der Waals surface area contributed by atoms with E-state index < -0.39 is 5.91 Å². The zero-order valence-corrected chi connectivity index (χ0v) is 24.6. The molecule has 0 aliphatic heterocycles. The minimum absolute atomic E-state index is 0.105. The summed E-state index contributed by atoms with van der Waals surface area (Å²) in [4.78, 5) is 32.0. The Hall–Kier alpha value is -4.18. The molecule has 3 saturated carbocycles. The zero-order valence-electron chi connectivity index (χ0n) is 24.6. The number of benzene rings is 1. The fourth-order valence-electron chi connectivity index (χ4n) is 5.89. The molecule has 0 atom stereocenters. The number of rotatable bonds is 10. The van der Waals surface area contributed by atoms with Crippen LogP contribution in [0.4, 0.5) is 10.2 Å². The van der Waals surface area contributed by atoms with Gasteiger partial charge in [0, 0.05) is 49.0 Å². The largest absolute Gasteiger partial charge is 0.317 e. The lowest BCUT2D eigenvalue weighted by molar-refractivity contribution is 0.102. The number of nitrogens with one attached hydrogen (secondary N) is 2. The molecule has 0 unspecified atom stereocenters. The van der Waals surface area contributed by atoms with Gasteiger partial charge in [-0.1, -0.05) is 6.07 Å².